The number of nitrogens with zero attached hydrogens (tertiary/aromatic N) is 1. The third kappa shape index (κ3) is 5.80. The van der Waals surface area contributed by atoms with Crippen molar-refractivity contribution in [1.29, 1.82) is 5.26 Å². The molecule has 0 amide bonds. The first kappa shape index (κ1) is 21.9. The van der Waals surface area contributed by atoms with Crippen molar-refractivity contribution in [2.24, 2.45) is 0 Å². The van der Waals surface area contributed by atoms with Gasteiger partial charge in [-0.05, 0) is 60.7 Å². The maximum Gasteiger partial charge on any atom is 1.00 e. The first-order valence-electron chi connectivity index (χ1n) is 7.87. The average Bonchev–Trinajstić information content (AvgIpc) is 2.68. The summed E-state index contributed by atoms with van der Waals surface area (Å²) in [5.74, 6) is -0.0824. The standard InChI is InChI=1S/C20H14NO5P.Na/c21-14-15-6-8-16(9-7-15)20(22)17-10-12-19(13-11-17)26-27(23,24)25-18-4-2-1-3-5-18;/h1-13H,(H,23,24);/q;+1/p-1. The number of phosphoric ester groups is 1. The Morgan fingerprint density at radius 1 is 0.821 bits per heavy atom. The van der Waals surface area contributed by atoms with Crippen LogP contribution in [0.15, 0.2) is 78.9 Å². The number of rotatable bonds is 6. The molecule has 0 aliphatic carbocycles. The van der Waals surface area contributed by atoms with Gasteiger partial charge in [0.25, 0.3) is 0 Å². The number of phosphoric acid groups is 1. The van der Waals surface area contributed by atoms with Gasteiger partial charge in [0.1, 0.15) is 11.5 Å². The van der Waals surface area contributed by atoms with Crippen molar-refractivity contribution in [3.8, 4) is 17.6 Å². The van der Waals surface area contributed by atoms with E-state index >= 15 is 0 Å². The number of hydrogen-bond donors (Lipinski definition) is 0. The van der Waals surface area contributed by atoms with Gasteiger partial charge in [-0.25, -0.2) is 4.57 Å². The van der Waals surface area contributed by atoms with E-state index < -0.39 is 7.82 Å². The van der Waals surface area contributed by atoms with Crippen LogP contribution in [0.1, 0.15) is 21.5 Å². The van der Waals surface area contributed by atoms with E-state index in [1.807, 2.05) is 6.07 Å². The molecule has 0 saturated heterocycles. The van der Waals surface area contributed by atoms with E-state index in [4.69, 9.17) is 14.3 Å². The molecule has 0 spiro atoms. The van der Waals surface area contributed by atoms with Crippen molar-refractivity contribution < 1.29 is 52.9 Å². The molecule has 8 heteroatoms. The third-order valence-electron chi connectivity index (χ3n) is 3.57. The van der Waals surface area contributed by atoms with E-state index in [1.165, 1.54) is 36.4 Å². The molecule has 0 aliphatic heterocycles. The average molecular weight is 401 g/mol. The van der Waals surface area contributed by atoms with Crippen LogP contribution in [0.25, 0.3) is 0 Å². The SMILES string of the molecule is N#Cc1ccc(C(=O)c2ccc(OP(=O)([O-])Oc3ccccc3)cc2)cc1.[Na+]. The Hall–Kier alpha value is -2.39. The second-order valence-corrected chi connectivity index (χ2v) is 6.75. The number of hydrogen-bond acceptors (Lipinski definition) is 6. The smallest absolute Gasteiger partial charge is 0.736 e. The second kappa shape index (κ2) is 9.70. The normalized spacial score (nSPS) is 12.0. The molecule has 6 nitrogen and oxygen atoms in total. The number of nitriles is 1. The van der Waals surface area contributed by atoms with Crippen LogP contribution in [0.5, 0.6) is 11.5 Å². The molecule has 3 rings (SSSR count). The maximum absolute atomic E-state index is 12.4. The van der Waals surface area contributed by atoms with E-state index in [0.29, 0.717) is 16.7 Å². The summed E-state index contributed by atoms with van der Waals surface area (Å²) in [7, 11) is -4.61. The van der Waals surface area contributed by atoms with Crippen LogP contribution in [-0.4, -0.2) is 5.78 Å². The van der Waals surface area contributed by atoms with Crippen LogP contribution >= 0.6 is 7.82 Å². The van der Waals surface area contributed by atoms with Crippen LogP contribution in [-0.2, 0) is 4.57 Å². The second-order valence-electron chi connectivity index (χ2n) is 5.49. The number of para-hydroxylation sites is 1. The Labute approximate surface area is 184 Å². The maximum atomic E-state index is 12.4. The molecule has 1 atom stereocenters. The Morgan fingerprint density at radius 2 is 1.29 bits per heavy atom. The summed E-state index contributed by atoms with van der Waals surface area (Å²) in [5, 5.41) is 8.79. The fraction of sp³-hybridized carbons (Fsp3) is 0. The molecule has 0 bridgehead atoms. The van der Waals surface area contributed by atoms with Crippen LogP contribution < -0.4 is 43.5 Å². The molecule has 0 aliphatic rings. The van der Waals surface area contributed by atoms with Crippen LogP contribution in [0, 0.1) is 11.3 Å². The molecule has 0 fully saturated rings. The number of carbonyl (C=O) groups is 1. The van der Waals surface area contributed by atoms with Crippen molar-refractivity contribution >= 4 is 13.6 Å². The minimum absolute atomic E-state index is 0. The Balaban J connectivity index is 0.00000280. The summed E-state index contributed by atoms with van der Waals surface area (Å²) in [4.78, 5) is 24.4. The molecule has 0 N–H and O–H groups in total. The van der Waals surface area contributed by atoms with Crippen LogP contribution in [0.2, 0.25) is 0 Å². The molecule has 0 radical (unpaired) electrons. The molecular weight excluding hydrogens is 388 g/mol. The van der Waals surface area contributed by atoms with E-state index in [0.717, 1.165) is 0 Å². The molecule has 0 saturated carbocycles. The van der Waals surface area contributed by atoms with Gasteiger partial charge < -0.3 is 13.9 Å². The predicted octanol–water partition coefficient (Wildman–Crippen LogP) is 0.719. The topological polar surface area (TPSA) is 99.5 Å². The first-order chi connectivity index (χ1) is 13.0. The fourth-order valence-electron chi connectivity index (χ4n) is 2.29. The first-order valence-corrected chi connectivity index (χ1v) is 9.33. The molecule has 0 aromatic heterocycles. The van der Waals surface area contributed by atoms with Gasteiger partial charge in [-0.1, -0.05) is 18.2 Å². The number of ketones is 1. The van der Waals surface area contributed by atoms with E-state index in [-0.39, 0.29) is 46.8 Å². The Kier molecular flexibility index (Phi) is 7.59. The summed E-state index contributed by atoms with van der Waals surface area (Å²) in [5.41, 5.74) is 1.24. The summed E-state index contributed by atoms with van der Waals surface area (Å²) in [6, 6.07) is 21.9. The molecule has 1 unspecified atom stereocenters. The summed E-state index contributed by atoms with van der Waals surface area (Å²) < 4.78 is 21.7. The summed E-state index contributed by atoms with van der Waals surface area (Å²) >= 11 is 0. The van der Waals surface area contributed by atoms with Gasteiger partial charge in [-0.3, -0.25) is 4.79 Å². The molecule has 28 heavy (non-hydrogen) atoms. The molecule has 3 aromatic rings. The summed E-state index contributed by atoms with van der Waals surface area (Å²) in [6.45, 7) is 0. The minimum Gasteiger partial charge on any atom is -0.736 e. The molecular formula is C20H13NNaO5P. The van der Waals surface area contributed by atoms with Crippen molar-refractivity contribution in [1.82, 2.24) is 0 Å². The van der Waals surface area contributed by atoms with Crippen molar-refractivity contribution in [2.45, 2.75) is 0 Å². The molecule has 3 aromatic carbocycles. The van der Waals surface area contributed by atoms with Gasteiger partial charge in [0.2, 0.25) is 0 Å². The zero-order valence-corrected chi connectivity index (χ0v) is 17.8. The van der Waals surface area contributed by atoms with Gasteiger partial charge in [-0.2, -0.15) is 5.26 Å². The molecule has 0 heterocycles. The molecule has 134 valence electrons. The number of benzene rings is 3. The zero-order valence-electron chi connectivity index (χ0n) is 14.9. The predicted molar refractivity (Wildman–Crippen MR) is 96.3 cm³/mol. The quantitative estimate of drug-likeness (QED) is 0.343. The third-order valence-corrected chi connectivity index (χ3v) is 4.44. The Bertz CT molecular complexity index is 1030. The Morgan fingerprint density at radius 3 is 1.79 bits per heavy atom. The monoisotopic (exact) mass is 401 g/mol. The van der Waals surface area contributed by atoms with Gasteiger partial charge in [0.05, 0.1) is 11.6 Å². The zero-order chi connectivity index (χ0) is 19.3. The van der Waals surface area contributed by atoms with Crippen molar-refractivity contribution in [2.75, 3.05) is 0 Å². The van der Waals surface area contributed by atoms with E-state index in [9.17, 15) is 14.3 Å². The van der Waals surface area contributed by atoms with Crippen LogP contribution in [0.4, 0.5) is 0 Å². The largest absolute Gasteiger partial charge is 1.00 e. The summed E-state index contributed by atoms with van der Waals surface area (Å²) in [6.07, 6.45) is 0. The van der Waals surface area contributed by atoms with Gasteiger partial charge in [0.15, 0.2) is 5.78 Å². The number of carbonyl (C=O) groups excluding carboxylic acids is 1. The minimum atomic E-state index is -4.61. The van der Waals surface area contributed by atoms with E-state index in [1.54, 1.807) is 42.5 Å². The van der Waals surface area contributed by atoms with Crippen LogP contribution in [0.3, 0.4) is 0 Å². The van der Waals surface area contributed by atoms with Crippen molar-refractivity contribution in [3.63, 3.8) is 0 Å². The van der Waals surface area contributed by atoms with E-state index in [2.05, 4.69) is 0 Å². The van der Waals surface area contributed by atoms with Crippen molar-refractivity contribution in [3.05, 3.63) is 95.6 Å². The van der Waals surface area contributed by atoms with Gasteiger partial charge >= 0.3 is 37.4 Å². The van der Waals surface area contributed by atoms with Gasteiger partial charge in [0, 0.05) is 11.1 Å². The van der Waals surface area contributed by atoms with Gasteiger partial charge in [-0.15, -0.1) is 0 Å². The fourth-order valence-corrected chi connectivity index (χ4v) is 3.09.